The third-order valence-electron chi connectivity index (χ3n) is 2.90. The Bertz CT molecular complexity index is 633. The third kappa shape index (κ3) is 4.30. The van der Waals surface area contributed by atoms with Crippen LogP contribution < -0.4 is 16.0 Å². The van der Waals surface area contributed by atoms with Crippen LogP contribution in [0.3, 0.4) is 0 Å². The van der Waals surface area contributed by atoms with Gasteiger partial charge in [0.25, 0.3) is 5.69 Å². The van der Waals surface area contributed by atoms with Crippen molar-refractivity contribution < 1.29 is 13.3 Å². The van der Waals surface area contributed by atoms with E-state index in [0.717, 1.165) is 6.07 Å². The van der Waals surface area contributed by atoms with E-state index in [-0.39, 0.29) is 28.1 Å². The van der Waals surface area contributed by atoms with E-state index in [4.69, 9.17) is 5.84 Å². The van der Waals surface area contributed by atoms with Gasteiger partial charge in [0.2, 0.25) is 10.0 Å². The number of hydrazine groups is 1. The van der Waals surface area contributed by atoms with Gasteiger partial charge in [-0.15, -0.1) is 0 Å². The van der Waals surface area contributed by atoms with Crippen LogP contribution in [0.4, 0.5) is 11.4 Å². The predicted octanol–water partition coefficient (Wildman–Crippen LogP) is 1.22. The first kappa shape index (κ1) is 17.7. The summed E-state index contributed by atoms with van der Waals surface area (Å²) in [5.74, 6) is 5.21. The highest BCUT2D eigenvalue weighted by Crippen LogP contribution is 2.29. The van der Waals surface area contributed by atoms with Crippen LogP contribution in [0.1, 0.15) is 12.5 Å². The molecule has 8 nitrogen and oxygen atoms in total. The van der Waals surface area contributed by atoms with Gasteiger partial charge in [-0.1, -0.05) is 6.92 Å². The van der Waals surface area contributed by atoms with Crippen LogP contribution in [0.25, 0.3) is 0 Å². The summed E-state index contributed by atoms with van der Waals surface area (Å²) >= 11 is 1.52. The van der Waals surface area contributed by atoms with E-state index in [9.17, 15) is 18.5 Å². The molecule has 118 valence electrons. The molecule has 21 heavy (non-hydrogen) atoms. The highest BCUT2D eigenvalue weighted by atomic mass is 32.2. The van der Waals surface area contributed by atoms with Crippen LogP contribution in [0.15, 0.2) is 17.0 Å². The Morgan fingerprint density at radius 1 is 1.48 bits per heavy atom. The zero-order valence-corrected chi connectivity index (χ0v) is 13.5. The van der Waals surface area contributed by atoms with E-state index in [0.29, 0.717) is 5.56 Å². The highest BCUT2D eigenvalue weighted by Gasteiger charge is 2.24. The smallest absolute Gasteiger partial charge is 0.295 e. The second kappa shape index (κ2) is 7.07. The highest BCUT2D eigenvalue weighted by molar-refractivity contribution is 7.99. The summed E-state index contributed by atoms with van der Waals surface area (Å²) in [5.41, 5.74) is 2.24. The predicted molar refractivity (Wildman–Crippen MR) is 83.8 cm³/mol. The number of nitrogens with two attached hydrogens (primary N) is 1. The summed E-state index contributed by atoms with van der Waals surface area (Å²) in [5, 5.41) is 11.1. The number of nitro groups is 1. The molecule has 0 aliphatic carbocycles. The second-order valence-corrected chi connectivity index (χ2v) is 7.45. The SMILES string of the molecule is CSC(C)CNS(=O)(=O)c1cc([N+](=O)[O-])c(NN)cc1C. The Morgan fingerprint density at radius 2 is 2.10 bits per heavy atom. The summed E-state index contributed by atoms with van der Waals surface area (Å²) in [6.07, 6.45) is 1.87. The third-order valence-corrected chi connectivity index (χ3v) is 5.44. The van der Waals surface area contributed by atoms with Crippen molar-refractivity contribution in [2.75, 3.05) is 18.2 Å². The quantitative estimate of drug-likeness (QED) is 0.388. The van der Waals surface area contributed by atoms with E-state index in [2.05, 4.69) is 10.1 Å². The molecule has 1 aromatic carbocycles. The van der Waals surface area contributed by atoms with Crippen LogP contribution in [0.5, 0.6) is 0 Å². The average Bonchev–Trinajstić information content (AvgIpc) is 2.43. The lowest BCUT2D eigenvalue weighted by atomic mass is 10.2. The van der Waals surface area contributed by atoms with Crippen LogP contribution in [-0.4, -0.2) is 31.4 Å². The Labute approximate surface area is 127 Å². The maximum absolute atomic E-state index is 12.3. The molecule has 4 N–H and O–H groups in total. The van der Waals surface area contributed by atoms with Crippen LogP contribution >= 0.6 is 11.8 Å². The fourth-order valence-corrected chi connectivity index (χ4v) is 3.35. The first-order valence-electron chi connectivity index (χ1n) is 6.01. The molecule has 1 atom stereocenters. The van der Waals surface area contributed by atoms with Crippen molar-refractivity contribution in [3.8, 4) is 0 Å². The first-order valence-corrected chi connectivity index (χ1v) is 8.78. The lowest BCUT2D eigenvalue weighted by molar-refractivity contribution is -0.384. The number of rotatable bonds is 7. The zero-order chi connectivity index (χ0) is 16.2. The fourth-order valence-electron chi connectivity index (χ4n) is 1.62. The fraction of sp³-hybridized carbons (Fsp3) is 0.455. The number of thioether (sulfide) groups is 1. The number of hydrogen-bond acceptors (Lipinski definition) is 7. The molecule has 0 fully saturated rings. The minimum absolute atomic E-state index is 0.0638. The van der Waals surface area contributed by atoms with Crippen LogP contribution in [0, 0.1) is 17.0 Å². The number of nitrogens with one attached hydrogen (secondary N) is 2. The van der Waals surface area contributed by atoms with Crippen molar-refractivity contribution in [3.05, 3.63) is 27.8 Å². The van der Waals surface area contributed by atoms with Gasteiger partial charge in [-0.25, -0.2) is 13.1 Å². The number of sulfonamides is 1. The molecule has 0 aliphatic rings. The summed E-state index contributed by atoms with van der Waals surface area (Å²) < 4.78 is 27.0. The molecular weight excluding hydrogens is 316 g/mol. The van der Waals surface area contributed by atoms with Gasteiger partial charge in [0, 0.05) is 17.9 Å². The van der Waals surface area contributed by atoms with Gasteiger partial charge >= 0.3 is 0 Å². The van der Waals surface area contributed by atoms with Gasteiger partial charge in [-0.3, -0.25) is 16.0 Å². The number of nitrogen functional groups attached to an aromatic ring is 1. The Morgan fingerprint density at radius 3 is 2.57 bits per heavy atom. The van der Waals surface area contributed by atoms with Crippen molar-refractivity contribution in [1.82, 2.24) is 4.72 Å². The monoisotopic (exact) mass is 334 g/mol. The zero-order valence-electron chi connectivity index (χ0n) is 11.9. The first-order chi connectivity index (χ1) is 9.72. The molecule has 0 bridgehead atoms. The van der Waals surface area contributed by atoms with E-state index >= 15 is 0 Å². The van der Waals surface area contributed by atoms with Gasteiger partial charge in [0.05, 0.1) is 9.82 Å². The maximum atomic E-state index is 12.3. The lowest BCUT2D eigenvalue weighted by Crippen LogP contribution is -2.30. The van der Waals surface area contributed by atoms with Crippen molar-refractivity contribution in [2.45, 2.75) is 24.0 Å². The minimum atomic E-state index is -3.81. The molecule has 0 saturated heterocycles. The number of benzene rings is 1. The number of aryl methyl sites for hydroxylation is 1. The van der Waals surface area contributed by atoms with E-state index < -0.39 is 14.9 Å². The maximum Gasteiger partial charge on any atom is 0.295 e. The van der Waals surface area contributed by atoms with Crippen molar-refractivity contribution in [3.63, 3.8) is 0 Å². The van der Waals surface area contributed by atoms with Gasteiger partial charge in [-0.05, 0) is 24.8 Å². The molecule has 1 aromatic rings. The van der Waals surface area contributed by atoms with Crippen molar-refractivity contribution in [1.29, 1.82) is 0 Å². The molecule has 0 amide bonds. The summed E-state index contributed by atoms with van der Waals surface area (Å²) in [7, 11) is -3.81. The number of anilines is 1. The molecule has 1 rings (SSSR count). The van der Waals surface area contributed by atoms with Gasteiger partial charge in [-0.2, -0.15) is 11.8 Å². The number of nitrogens with zero attached hydrogens (tertiary/aromatic N) is 1. The molecule has 0 radical (unpaired) electrons. The summed E-state index contributed by atoms with van der Waals surface area (Å²) in [4.78, 5) is 10.2. The van der Waals surface area contributed by atoms with Crippen molar-refractivity contribution in [2.24, 2.45) is 5.84 Å². The van der Waals surface area contributed by atoms with E-state index in [1.165, 1.54) is 17.8 Å². The molecule has 0 spiro atoms. The summed E-state index contributed by atoms with van der Waals surface area (Å²) in [6, 6.07) is 2.35. The largest absolute Gasteiger partial charge is 0.318 e. The summed E-state index contributed by atoms with van der Waals surface area (Å²) in [6.45, 7) is 3.68. The Kier molecular flexibility index (Phi) is 5.96. The standard InChI is InChI=1S/C11H18N4O4S2/c1-7-4-9(14-12)10(15(16)17)5-11(7)21(18,19)13-6-8(2)20-3/h4-5,8,13-14H,6,12H2,1-3H3. The average molecular weight is 334 g/mol. The van der Waals surface area contributed by atoms with Gasteiger partial charge < -0.3 is 5.43 Å². The molecule has 10 heteroatoms. The molecule has 0 heterocycles. The Balaban J connectivity index is 3.23. The van der Waals surface area contributed by atoms with Crippen LogP contribution in [0.2, 0.25) is 0 Å². The van der Waals surface area contributed by atoms with Gasteiger partial charge in [0.15, 0.2) is 0 Å². The molecule has 0 saturated carbocycles. The van der Waals surface area contributed by atoms with E-state index in [1.54, 1.807) is 6.92 Å². The Hall–Kier alpha value is -1.36. The normalized spacial score (nSPS) is 13.0. The lowest BCUT2D eigenvalue weighted by Gasteiger charge is -2.13. The van der Waals surface area contributed by atoms with E-state index in [1.807, 2.05) is 13.2 Å². The molecule has 0 aliphatic heterocycles. The molecule has 0 aromatic heterocycles. The molecular formula is C11H18N4O4S2. The topological polar surface area (TPSA) is 127 Å². The number of nitro benzene ring substituents is 1. The number of hydrogen-bond donors (Lipinski definition) is 3. The van der Waals surface area contributed by atoms with Gasteiger partial charge in [0.1, 0.15) is 5.69 Å². The van der Waals surface area contributed by atoms with Crippen molar-refractivity contribution >= 4 is 33.2 Å². The van der Waals surface area contributed by atoms with Crippen LogP contribution in [-0.2, 0) is 10.0 Å². The minimum Gasteiger partial charge on any atom is -0.318 e. The molecule has 1 unspecified atom stereocenters. The second-order valence-electron chi connectivity index (χ2n) is 4.43.